The molecule has 0 aliphatic rings. The van der Waals surface area contributed by atoms with Crippen LogP contribution in [-0.2, 0) is 0 Å². The Labute approximate surface area is 109 Å². The van der Waals surface area contributed by atoms with Crippen LogP contribution in [0.3, 0.4) is 0 Å². The van der Waals surface area contributed by atoms with Crippen molar-refractivity contribution < 1.29 is 10.2 Å². The van der Waals surface area contributed by atoms with Crippen LogP contribution < -0.4 is 0 Å². The SMILES string of the molecule is C/C=C(\C=C(/C)O)C(/C)=C(\C)c1ccc(O)cc1. The maximum absolute atomic E-state index is 9.36. The van der Waals surface area contributed by atoms with Crippen molar-refractivity contribution >= 4 is 5.57 Å². The molecule has 0 fully saturated rings. The maximum Gasteiger partial charge on any atom is 0.115 e. The third-order valence-corrected chi connectivity index (χ3v) is 2.97. The quantitative estimate of drug-likeness (QED) is 0.603. The molecule has 0 radical (unpaired) electrons. The Morgan fingerprint density at radius 1 is 1.06 bits per heavy atom. The van der Waals surface area contributed by atoms with Gasteiger partial charge in [0.15, 0.2) is 0 Å². The number of hydrogen-bond donors (Lipinski definition) is 2. The van der Waals surface area contributed by atoms with Gasteiger partial charge in [0.1, 0.15) is 5.75 Å². The monoisotopic (exact) mass is 244 g/mol. The summed E-state index contributed by atoms with van der Waals surface area (Å²) in [6, 6.07) is 7.12. The first-order valence-electron chi connectivity index (χ1n) is 5.96. The Balaban J connectivity index is 3.19. The summed E-state index contributed by atoms with van der Waals surface area (Å²) in [5.74, 6) is 0.558. The second-order valence-corrected chi connectivity index (χ2v) is 4.33. The smallest absolute Gasteiger partial charge is 0.115 e. The lowest BCUT2D eigenvalue weighted by atomic mass is 9.96. The second kappa shape index (κ2) is 6.10. The molecule has 0 spiro atoms. The molecule has 0 heterocycles. The predicted molar refractivity (Wildman–Crippen MR) is 76.5 cm³/mol. The van der Waals surface area contributed by atoms with Crippen LogP contribution >= 0.6 is 0 Å². The number of hydrogen-bond acceptors (Lipinski definition) is 2. The summed E-state index contributed by atoms with van der Waals surface area (Å²) in [6.07, 6.45) is 3.72. The number of phenols is 1. The Morgan fingerprint density at radius 3 is 2.06 bits per heavy atom. The van der Waals surface area contributed by atoms with Crippen LogP contribution in [0.2, 0.25) is 0 Å². The minimum Gasteiger partial charge on any atom is -0.513 e. The Hall–Kier alpha value is -1.96. The number of phenolic OH excluding ortho intramolecular Hbond substituents is 1. The molecule has 2 nitrogen and oxygen atoms in total. The molecule has 96 valence electrons. The predicted octanol–water partition coefficient (Wildman–Crippen LogP) is 4.59. The first-order chi connectivity index (χ1) is 8.45. The van der Waals surface area contributed by atoms with Crippen LogP contribution in [-0.4, -0.2) is 10.2 Å². The molecule has 0 unspecified atom stereocenters. The molecule has 0 atom stereocenters. The highest BCUT2D eigenvalue weighted by atomic mass is 16.3. The summed E-state index contributed by atoms with van der Waals surface area (Å²) in [5, 5.41) is 18.6. The molecule has 1 aromatic carbocycles. The molecular weight excluding hydrogens is 224 g/mol. The van der Waals surface area contributed by atoms with E-state index in [1.165, 1.54) is 0 Å². The van der Waals surface area contributed by atoms with E-state index in [2.05, 4.69) is 0 Å². The molecule has 1 rings (SSSR count). The second-order valence-electron chi connectivity index (χ2n) is 4.33. The van der Waals surface area contributed by atoms with Crippen molar-refractivity contribution in [3.63, 3.8) is 0 Å². The maximum atomic E-state index is 9.36. The van der Waals surface area contributed by atoms with Crippen LogP contribution in [0.1, 0.15) is 33.3 Å². The van der Waals surface area contributed by atoms with Crippen molar-refractivity contribution in [2.24, 2.45) is 0 Å². The minimum atomic E-state index is 0.265. The van der Waals surface area contributed by atoms with E-state index in [1.54, 1.807) is 25.1 Å². The first kappa shape index (κ1) is 14.1. The average molecular weight is 244 g/mol. The van der Waals surface area contributed by atoms with Gasteiger partial charge in [-0.05, 0) is 68.2 Å². The zero-order valence-electron chi connectivity index (χ0n) is 11.4. The van der Waals surface area contributed by atoms with Crippen molar-refractivity contribution in [1.82, 2.24) is 0 Å². The van der Waals surface area contributed by atoms with Crippen LogP contribution in [0.25, 0.3) is 5.57 Å². The summed E-state index contributed by atoms with van der Waals surface area (Å²) in [4.78, 5) is 0. The van der Waals surface area contributed by atoms with E-state index < -0.39 is 0 Å². The summed E-state index contributed by atoms with van der Waals surface area (Å²) < 4.78 is 0. The summed E-state index contributed by atoms with van der Waals surface area (Å²) in [6.45, 7) is 7.66. The van der Waals surface area contributed by atoms with Crippen LogP contribution in [0.5, 0.6) is 5.75 Å². The van der Waals surface area contributed by atoms with E-state index in [-0.39, 0.29) is 5.75 Å². The van der Waals surface area contributed by atoms with Crippen LogP contribution in [0.4, 0.5) is 0 Å². The molecular formula is C16H20O2. The lowest BCUT2D eigenvalue weighted by molar-refractivity contribution is 0.414. The lowest BCUT2D eigenvalue weighted by Gasteiger charge is -2.10. The van der Waals surface area contributed by atoms with E-state index in [1.807, 2.05) is 39.0 Å². The molecule has 1 aromatic rings. The molecule has 0 bridgehead atoms. The molecule has 0 aliphatic carbocycles. The standard InChI is InChI=1S/C16H20O2/c1-5-14(10-11(2)17)12(3)13(4)15-6-8-16(18)9-7-15/h5-10,17-18H,1-4H3/b11-10+,13-12+,14-5+. The molecule has 2 heteroatoms. The van der Waals surface area contributed by atoms with Gasteiger partial charge in [-0.25, -0.2) is 0 Å². The van der Waals surface area contributed by atoms with E-state index in [0.717, 1.165) is 22.3 Å². The Bertz CT molecular complexity index is 498. The van der Waals surface area contributed by atoms with Crippen molar-refractivity contribution in [3.8, 4) is 5.75 Å². The fourth-order valence-corrected chi connectivity index (χ4v) is 1.78. The third kappa shape index (κ3) is 3.52. The summed E-state index contributed by atoms with van der Waals surface area (Å²) >= 11 is 0. The van der Waals surface area contributed by atoms with Gasteiger partial charge in [0.2, 0.25) is 0 Å². The zero-order valence-corrected chi connectivity index (χ0v) is 11.4. The minimum absolute atomic E-state index is 0.265. The number of allylic oxidation sites excluding steroid dienone is 6. The number of aliphatic hydroxyl groups is 1. The van der Waals surface area contributed by atoms with E-state index in [9.17, 15) is 10.2 Å². The zero-order chi connectivity index (χ0) is 13.7. The van der Waals surface area contributed by atoms with Gasteiger partial charge in [-0.15, -0.1) is 0 Å². The van der Waals surface area contributed by atoms with Gasteiger partial charge < -0.3 is 10.2 Å². The van der Waals surface area contributed by atoms with Gasteiger partial charge in [0.05, 0.1) is 5.76 Å². The third-order valence-electron chi connectivity index (χ3n) is 2.97. The van der Waals surface area contributed by atoms with E-state index in [0.29, 0.717) is 5.76 Å². The molecule has 0 saturated carbocycles. The van der Waals surface area contributed by atoms with Gasteiger partial charge in [-0.3, -0.25) is 0 Å². The number of benzene rings is 1. The molecule has 2 N–H and O–H groups in total. The van der Waals surface area contributed by atoms with Gasteiger partial charge in [-0.1, -0.05) is 18.2 Å². The van der Waals surface area contributed by atoms with Crippen molar-refractivity contribution in [1.29, 1.82) is 0 Å². The molecule has 0 aliphatic heterocycles. The van der Waals surface area contributed by atoms with Crippen LogP contribution in [0.15, 0.2) is 53.3 Å². The lowest BCUT2D eigenvalue weighted by Crippen LogP contribution is -1.89. The number of rotatable bonds is 3. The van der Waals surface area contributed by atoms with E-state index in [4.69, 9.17) is 0 Å². The van der Waals surface area contributed by atoms with Crippen LogP contribution in [0, 0.1) is 0 Å². The summed E-state index contributed by atoms with van der Waals surface area (Å²) in [7, 11) is 0. The highest BCUT2D eigenvalue weighted by Gasteiger charge is 2.04. The van der Waals surface area contributed by atoms with E-state index >= 15 is 0 Å². The fourth-order valence-electron chi connectivity index (χ4n) is 1.78. The van der Waals surface area contributed by atoms with Crippen molar-refractivity contribution in [2.75, 3.05) is 0 Å². The molecule has 0 saturated heterocycles. The average Bonchev–Trinajstić information content (AvgIpc) is 2.35. The van der Waals surface area contributed by atoms with Gasteiger partial charge in [0, 0.05) is 0 Å². The Kier molecular flexibility index (Phi) is 4.78. The fraction of sp³-hybridized carbons (Fsp3) is 0.250. The summed E-state index contributed by atoms with van der Waals surface area (Å²) in [5.41, 5.74) is 4.30. The van der Waals surface area contributed by atoms with Crippen molar-refractivity contribution in [2.45, 2.75) is 27.7 Å². The van der Waals surface area contributed by atoms with Gasteiger partial charge >= 0.3 is 0 Å². The molecule has 0 amide bonds. The highest BCUT2D eigenvalue weighted by molar-refractivity contribution is 5.71. The van der Waals surface area contributed by atoms with Gasteiger partial charge in [0.25, 0.3) is 0 Å². The number of aromatic hydroxyl groups is 1. The molecule has 18 heavy (non-hydrogen) atoms. The first-order valence-corrected chi connectivity index (χ1v) is 5.96. The topological polar surface area (TPSA) is 40.5 Å². The largest absolute Gasteiger partial charge is 0.513 e. The number of aliphatic hydroxyl groups excluding tert-OH is 1. The van der Waals surface area contributed by atoms with Crippen molar-refractivity contribution in [3.05, 3.63) is 58.9 Å². The molecule has 0 aromatic heterocycles. The highest BCUT2D eigenvalue weighted by Crippen LogP contribution is 2.25. The Morgan fingerprint density at radius 2 is 1.61 bits per heavy atom. The normalized spacial score (nSPS) is 14.4. The van der Waals surface area contributed by atoms with Gasteiger partial charge in [-0.2, -0.15) is 0 Å².